The zero-order valence-electron chi connectivity index (χ0n) is 11.3. The number of rotatable bonds is 4. The highest BCUT2D eigenvalue weighted by atomic mass is 35.5. The summed E-state index contributed by atoms with van der Waals surface area (Å²) in [6.45, 7) is 0.146. The molecular formula is C14H14ClN3O3. The van der Waals surface area contributed by atoms with Crippen molar-refractivity contribution in [2.24, 2.45) is 0 Å². The van der Waals surface area contributed by atoms with Crippen molar-refractivity contribution in [1.82, 2.24) is 10.3 Å². The molecule has 2 amide bonds. The van der Waals surface area contributed by atoms with Crippen LogP contribution in [0, 0.1) is 0 Å². The van der Waals surface area contributed by atoms with E-state index in [0.29, 0.717) is 17.0 Å². The van der Waals surface area contributed by atoms with Crippen LogP contribution in [0.4, 0.5) is 10.5 Å². The first-order valence-corrected chi connectivity index (χ1v) is 6.50. The number of aromatic hydroxyl groups is 1. The topological polar surface area (TPSA) is 83.5 Å². The maximum absolute atomic E-state index is 11.8. The summed E-state index contributed by atoms with van der Waals surface area (Å²) >= 11 is 5.84. The Labute approximate surface area is 126 Å². The number of pyridine rings is 1. The van der Waals surface area contributed by atoms with Crippen LogP contribution in [0.15, 0.2) is 36.5 Å². The molecular weight excluding hydrogens is 294 g/mol. The SMILES string of the molecule is COc1cccc(CNC(=O)Nc2cccnc2Cl)c1O. The second-order valence-corrected chi connectivity index (χ2v) is 4.48. The molecule has 0 aliphatic carbocycles. The van der Waals surface area contributed by atoms with Gasteiger partial charge in [0.05, 0.1) is 12.8 Å². The maximum Gasteiger partial charge on any atom is 0.319 e. The number of carbonyl (C=O) groups excluding carboxylic acids is 1. The predicted octanol–water partition coefficient (Wildman–Crippen LogP) is 2.77. The van der Waals surface area contributed by atoms with Gasteiger partial charge in [-0.15, -0.1) is 0 Å². The van der Waals surface area contributed by atoms with Gasteiger partial charge in [-0.05, 0) is 18.2 Å². The Morgan fingerprint density at radius 1 is 1.38 bits per heavy atom. The van der Waals surface area contributed by atoms with Gasteiger partial charge in [0.15, 0.2) is 16.7 Å². The Hall–Kier alpha value is -2.47. The number of amides is 2. The second kappa shape index (κ2) is 6.81. The van der Waals surface area contributed by atoms with Crippen molar-refractivity contribution in [2.75, 3.05) is 12.4 Å². The van der Waals surface area contributed by atoms with E-state index >= 15 is 0 Å². The van der Waals surface area contributed by atoms with Gasteiger partial charge in [-0.2, -0.15) is 0 Å². The van der Waals surface area contributed by atoms with Crippen molar-refractivity contribution in [3.8, 4) is 11.5 Å². The Kier molecular flexibility index (Phi) is 4.84. The first kappa shape index (κ1) is 14.9. The molecule has 21 heavy (non-hydrogen) atoms. The number of ether oxygens (including phenoxy) is 1. The molecule has 3 N–H and O–H groups in total. The van der Waals surface area contributed by atoms with E-state index < -0.39 is 6.03 Å². The molecule has 0 saturated heterocycles. The van der Waals surface area contributed by atoms with Crippen LogP contribution < -0.4 is 15.4 Å². The summed E-state index contributed by atoms with van der Waals surface area (Å²) in [5.41, 5.74) is 0.952. The highest BCUT2D eigenvalue weighted by Gasteiger charge is 2.09. The molecule has 1 aromatic heterocycles. The van der Waals surface area contributed by atoms with E-state index in [1.165, 1.54) is 13.3 Å². The van der Waals surface area contributed by atoms with Crippen molar-refractivity contribution < 1.29 is 14.6 Å². The number of phenols is 1. The van der Waals surface area contributed by atoms with Gasteiger partial charge < -0.3 is 20.5 Å². The number of anilines is 1. The highest BCUT2D eigenvalue weighted by molar-refractivity contribution is 6.32. The molecule has 7 heteroatoms. The van der Waals surface area contributed by atoms with Gasteiger partial charge in [0.1, 0.15) is 0 Å². The predicted molar refractivity (Wildman–Crippen MR) is 79.8 cm³/mol. The summed E-state index contributed by atoms with van der Waals surface area (Å²) in [5.74, 6) is 0.352. The molecule has 6 nitrogen and oxygen atoms in total. The average Bonchev–Trinajstić information content (AvgIpc) is 2.48. The molecule has 110 valence electrons. The highest BCUT2D eigenvalue weighted by Crippen LogP contribution is 2.29. The molecule has 0 unspecified atom stereocenters. The first-order valence-electron chi connectivity index (χ1n) is 6.12. The summed E-state index contributed by atoms with van der Waals surface area (Å²) in [6, 6.07) is 7.90. The van der Waals surface area contributed by atoms with Gasteiger partial charge in [-0.3, -0.25) is 0 Å². The minimum Gasteiger partial charge on any atom is -0.504 e. The van der Waals surface area contributed by atoms with Crippen molar-refractivity contribution in [1.29, 1.82) is 0 Å². The maximum atomic E-state index is 11.8. The fraction of sp³-hybridized carbons (Fsp3) is 0.143. The summed E-state index contributed by atoms with van der Waals surface area (Å²) < 4.78 is 5.00. The Bertz CT molecular complexity index is 649. The molecule has 0 aliphatic heterocycles. The monoisotopic (exact) mass is 307 g/mol. The lowest BCUT2D eigenvalue weighted by molar-refractivity contribution is 0.251. The number of halogens is 1. The van der Waals surface area contributed by atoms with Gasteiger partial charge in [0.2, 0.25) is 0 Å². The van der Waals surface area contributed by atoms with Crippen LogP contribution in [0.1, 0.15) is 5.56 Å². The third-order valence-corrected chi connectivity index (χ3v) is 3.05. The number of carbonyl (C=O) groups is 1. The summed E-state index contributed by atoms with van der Waals surface area (Å²) in [4.78, 5) is 15.6. The van der Waals surface area contributed by atoms with E-state index in [2.05, 4.69) is 15.6 Å². The van der Waals surface area contributed by atoms with Crippen LogP contribution in [0.2, 0.25) is 5.15 Å². The minimum atomic E-state index is -0.452. The number of urea groups is 1. The number of nitrogens with one attached hydrogen (secondary N) is 2. The molecule has 0 saturated carbocycles. The minimum absolute atomic E-state index is 0.000268. The summed E-state index contributed by atoms with van der Waals surface area (Å²) in [6.07, 6.45) is 1.53. The Balaban J connectivity index is 1.97. The molecule has 2 rings (SSSR count). The van der Waals surface area contributed by atoms with Crippen molar-refractivity contribution in [2.45, 2.75) is 6.54 Å². The lowest BCUT2D eigenvalue weighted by atomic mass is 10.2. The third-order valence-electron chi connectivity index (χ3n) is 2.75. The van der Waals surface area contributed by atoms with Crippen LogP contribution in [0.3, 0.4) is 0 Å². The fourth-order valence-corrected chi connectivity index (χ4v) is 1.86. The van der Waals surface area contributed by atoms with Crippen LogP contribution in [-0.2, 0) is 6.54 Å². The molecule has 0 fully saturated rings. The van der Waals surface area contributed by atoms with E-state index in [4.69, 9.17) is 16.3 Å². The molecule has 0 bridgehead atoms. The van der Waals surface area contributed by atoms with Gasteiger partial charge in [-0.1, -0.05) is 23.7 Å². The Morgan fingerprint density at radius 2 is 2.19 bits per heavy atom. The first-order chi connectivity index (χ1) is 10.1. The molecule has 2 aromatic rings. The van der Waals surface area contributed by atoms with E-state index in [9.17, 15) is 9.90 Å². The molecule has 0 aliphatic rings. The van der Waals surface area contributed by atoms with Crippen molar-refractivity contribution >= 4 is 23.3 Å². The van der Waals surface area contributed by atoms with Crippen molar-refractivity contribution in [3.05, 3.63) is 47.2 Å². The largest absolute Gasteiger partial charge is 0.504 e. The zero-order valence-corrected chi connectivity index (χ0v) is 12.0. The fourth-order valence-electron chi connectivity index (χ4n) is 1.70. The van der Waals surface area contributed by atoms with E-state index in [-0.39, 0.29) is 17.4 Å². The Morgan fingerprint density at radius 3 is 2.90 bits per heavy atom. The van der Waals surface area contributed by atoms with Gasteiger partial charge >= 0.3 is 6.03 Å². The normalized spacial score (nSPS) is 10.0. The van der Waals surface area contributed by atoms with E-state index in [0.717, 1.165) is 0 Å². The molecule has 0 atom stereocenters. The number of methoxy groups -OCH3 is 1. The quantitative estimate of drug-likeness (QED) is 0.758. The number of aromatic nitrogens is 1. The second-order valence-electron chi connectivity index (χ2n) is 4.12. The smallest absolute Gasteiger partial charge is 0.319 e. The molecule has 0 radical (unpaired) electrons. The summed E-state index contributed by atoms with van der Waals surface area (Å²) in [5, 5.41) is 15.3. The number of nitrogens with zero attached hydrogens (tertiary/aromatic N) is 1. The van der Waals surface area contributed by atoms with Crippen molar-refractivity contribution in [3.63, 3.8) is 0 Å². The molecule has 1 heterocycles. The zero-order chi connectivity index (χ0) is 15.2. The molecule has 1 aromatic carbocycles. The lowest BCUT2D eigenvalue weighted by Gasteiger charge is -2.11. The van der Waals surface area contributed by atoms with Crippen LogP contribution >= 0.6 is 11.6 Å². The number of hydrogen-bond acceptors (Lipinski definition) is 4. The number of hydrogen-bond donors (Lipinski definition) is 3. The van der Waals surface area contributed by atoms with Gasteiger partial charge in [-0.25, -0.2) is 9.78 Å². The van der Waals surface area contributed by atoms with Crippen LogP contribution in [-0.4, -0.2) is 23.2 Å². The summed E-state index contributed by atoms with van der Waals surface area (Å²) in [7, 11) is 1.46. The molecule has 0 spiro atoms. The average molecular weight is 308 g/mol. The van der Waals surface area contributed by atoms with Gasteiger partial charge in [0, 0.05) is 18.3 Å². The number of benzene rings is 1. The standard InChI is InChI=1S/C14H14ClN3O3/c1-21-11-6-2-4-9(12(11)19)8-17-14(20)18-10-5-3-7-16-13(10)15/h2-7,19H,8H2,1H3,(H2,17,18,20). The third kappa shape index (κ3) is 3.76. The number of phenolic OH excluding ortho intramolecular Hbond substituents is 1. The lowest BCUT2D eigenvalue weighted by Crippen LogP contribution is -2.28. The number of para-hydroxylation sites is 1. The van der Waals surface area contributed by atoms with E-state index in [1.54, 1.807) is 30.3 Å². The van der Waals surface area contributed by atoms with Gasteiger partial charge in [0.25, 0.3) is 0 Å². The van der Waals surface area contributed by atoms with Crippen LogP contribution in [0.25, 0.3) is 0 Å². The van der Waals surface area contributed by atoms with E-state index in [1.807, 2.05) is 0 Å². The van der Waals surface area contributed by atoms with Crippen LogP contribution in [0.5, 0.6) is 11.5 Å².